The van der Waals surface area contributed by atoms with E-state index in [9.17, 15) is 13.5 Å². The second-order valence-electron chi connectivity index (χ2n) is 4.75. The van der Waals surface area contributed by atoms with Crippen molar-refractivity contribution in [3.63, 3.8) is 0 Å². The minimum atomic E-state index is -3.63. The Labute approximate surface area is 129 Å². The summed E-state index contributed by atoms with van der Waals surface area (Å²) in [4.78, 5) is 0.156. The van der Waals surface area contributed by atoms with Gasteiger partial charge in [-0.25, -0.2) is 8.42 Å². The fourth-order valence-corrected chi connectivity index (χ4v) is 3.62. The molecule has 0 spiro atoms. The number of hydrogen-bond acceptors (Lipinski definition) is 3. The van der Waals surface area contributed by atoms with E-state index < -0.39 is 10.0 Å². The van der Waals surface area contributed by atoms with Gasteiger partial charge >= 0.3 is 0 Å². The van der Waals surface area contributed by atoms with Crippen molar-refractivity contribution < 1.29 is 13.5 Å². The van der Waals surface area contributed by atoms with Crippen molar-refractivity contribution in [3.8, 4) is 5.75 Å². The van der Waals surface area contributed by atoms with Crippen LogP contribution in [0.2, 0.25) is 5.02 Å². The highest BCUT2D eigenvalue weighted by Crippen LogP contribution is 2.27. The molecule has 0 heterocycles. The maximum absolute atomic E-state index is 12.6. The van der Waals surface area contributed by atoms with E-state index in [2.05, 4.69) is 0 Å². The molecule has 4 nitrogen and oxygen atoms in total. The molecule has 0 saturated heterocycles. The summed E-state index contributed by atoms with van der Waals surface area (Å²) in [5.74, 6) is 0.145. The maximum atomic E-state index is 12.6. The number of sulfonamides is 1. The Hall–Kier alpha value is -1.56. The monoisotopic (exact) mass is 325 g/mol. The molecular formula is C15H16ClNO3S. The lowest BCUT2D eigenvalue weighted by molar-refractivity contribution is 0.398. The van der Waals surface area contributed by atoms with Crippen LogP contribution in [-0.2, 0) is 10.0 Å². The Bertz CT molecular complexity index is 729. The van der Waals surface area contributed by atoms with Crippen LogP contribution < -0.4 is 0 Å². The second-order valence-corrected chi connectivity index (χ2v) is 7.18. The third kappa shape index (κ3) is 3.37. The number of benzene rings is 2. The van der Waals surface area contributed by atoms with Gasteiger partial charge in [-0.3, -0.25) is 0 Å². The number of rotatable bonds is 4. The fraction of sp³-hybridized carbons (Fsp3) is 0.200. The van der Waals surface area contributed by atoms with Crippen LogP contribution in [-0.4, -0.2) is 24.9 Å². The van der Waals surface area contributed by atoms with E-state index in [0.29, 0.717) is 5.02 Å². The summed E-state index contributed by atoms with van der Waals surface area (Å²) >= 11 is 5.86. The van der Waals surface area contributed by atoms with Crippen molar-refractivity contribution in [1.29, 1.82) is 0 Å². The summed E-state index contributed by atoms with van der Waals surface area (Å²) in [7, 11) is -2.11. The zero-order valence-electron chi connectivity index (χ0n) is 11.7. The summed E-state index contributed by atoms with van der Waals surface area (Å²) in [6.07, 6.45) is 0. The van der Waals surface area contributed by atoms with Crippen LogP contribution in [0.1, 0.15) is 18.5 Å². The van der Waals surface area contributed by atoms with Gasteiger partial charge < -0.3 is 5.11 Å². The van der Waals surface area contributed by atoms with Gasteiger partial charge in [0.15, 0.2) is 0 Å². The van der Waals surface area contributed by atoms with Crippen LogP contribution in [0, 0.1) is 0 Å². The minimum Gasteiger partial charge on any atom is -0.508 e. The molecule has 1 atom stereocenters. The molecule has 112 valence electrons. The normalized spacial score (nSPS) is 13.3. The molecule has 0 aromatic heterocycles. The van der Waals surface area contributed by atoms with Gasteiger partial charge in [0.2, 0.25) is 10.0 Å². The summed E-state index contributed by atoms with van der Waals surface area (Å²) in [5.41, 5.74) is 0.793. The van der Waals surface area contributed by atoms with Crippen LogP contribution >= 0.6 is 11.6 Å². The molecule has 0 radical (unpaired) electrons. The highest BCUT2D eigenvalue weighted by Gasteiger charge is 2.26. The van der Waals surface area contributed by atoms with Gasteiger partial charge in [-0.15, -0.1) is 0 Å². The van der Waals surface area contributed by atoms with Crippen molar-refractivity contribution in [2.45, 2.75) is 17.9 Å². The van der Waals surface area contributed by atoms with E-state index in [1.54, 1.807) is 31.2 Å². The second kappa shape index (κ2) is 6.05. The summed E-state index contributed by atoms with van der Waals surface area (Å²) in [6, 6.07) is 12.3. The number of hydrogen-bond donors (Lipinski definition) is 1. The van der Waals surface area contributed by atoms with E-state index in [4.69, 9.17) is 11.6 Å². The van der Waals surface area contributed by atoms with E-state index in [0.717, 1.165) is 5.56 Å². The van der Waals surface area contributed by atoms with Crippen LogP contribution in [0.25, 0.3) is 0 Å². The lowest BCUT2D eigenvalue weighted by Crippen LogP contribution is -2.29. The number of aromatic hydroxyl groups is 1. The van der Waals surface area contributed by atoms with Gasteiger partial charge in [0.25, 0.3) is 0 Å². The molecule has 0 aliphatic heterocycles. The van der Waals surface area contributed by atoms with Crippen molar-refractivity contribution in [2.75, 3.05) is 7.05 Å². The third-order valence-electron chi connectivity index (χ3n) is 3.39. The maximum Gasteiger partial charge on any atom is 0.243 e. The lowest BCUT2D eigenvalue weighted by Gasteiger charge is -2.24. The third-order valence-corrected chi connectivity index (χ3v) is 5.55. The van der Waals surface area contributed by atoms with E-state index >= 15 is 0 Å². The lowest BCUT2D eigenvalue weighted by atomic mass is 10.1. The first kappa shape index (κ1) is 15.8. The largest absolute Gasteiger partial charge is 0.508 e. The molecule has 0 saturated carbocycles. The Morgan fingerprint density at radius 3 is 2.33 bits per heavy atom. The van der Waals surface area contributed by atoms with Crippen molar-refractivity contribution >= 4 is 21.6 Å². The summed E-state index contributed by atoms with van der Waals surface area (Å²) < 4.78 is 26.5. The van der Waals surface area contributed by atoms with Gasteiger partial charge in [0.1, 0.15) is 5.75 Å². The topological polar surface area (TPSA) is 57.6 Å². The molecule has 0 amide bonds. The van der Waals surface area contributed by atoms with Gasteiger partial charge in [-0.05, 0) is 42.8 Å². The minimum absolute atomic E-state index is 0.145. The first-order valence-electron chi connectivity index (χ1n) is 6.35. The van der Waals surface area contributed by atoms with Gasteiger partial charge in [0, 0.05) is 18.1 Å². The van der Waals surface area contributed by atoms with Crippen molar-refractivity contribution in [2.24, 2.45) is 0 Å². The average Bonchev–Trinajstić information content (AvgIpc) is 2.46. The molecule has 2 rings (SSSR count). The predicted octanol–water partition coefficient (Wildman–Crippen LogP) is 3.43. The highest BCUT2D eigenvalue weighted by molar-refractivity contribution is 7.89. The molecular weight excluding hydrogens is 310 g/mol. The average molecular weight is 326 g/mol. The molecule has 2 aromatic rings. The molecule has 1 unspecified atom stereocenters. The molecule has 0 fully saturated rings. The smallest absolute Gasteiger partial charge is 0.243 e. The van der Waals surface area contributed by atoms with Crippen molar-refractivity contribution in [1.82, 2.24) is 4.31 Å². The molecule has 6 heteroatoms. The Morgan fingerprint density at radius 1 is 1.14 bits per heavy atom. The predicted molar refractivity (Wildman–Crippen MR) is 82.9 cm³/mol. The van der Waals surface area contributed by atoms with Gasteiger partial charge in [0.05, 0.1) is 4.90 Å². The SMILES string of the molecule is CC(c1ccc(O)cc1)N(C)S(=O)(=O)c1cccc(Cl)c1. The molecule has 21 heavy (non-hydrogen) atoms. The Morgan fingerprint density at radius 2 is 1.76 bits per heavy atom. The first-order chi connectivity index (χ1) is 9.82. The van der Waals surface area contributed by atoms with Gasteiger partial charge in [-0.1, -0.05) is 29.8 Å². The van der Waals surface area contributed by atoms with Crippen LogP contribution in [0.15, 0.2) is 53.4 Å². The zero-order chi connectivity index (χ0) is 15.6. The number of halogens is 1. The van der Waals surface area contributed by atoms with E-state index in [1.807, 2.05) is 0 Å². The molecule has 0 bridgehead atoms. The fourth-order valence-electron chi connectivity index (χ4n) is 1.96. The van der Waals surface area contributed by atoms with E-state index in [-0.39, 0.29) is 16.7 Å². The molecule has 1 N–H and O–H groups in total. The Balaban J connectivity index is 2.33. The summed E-state index contributed by atoms with van der Waals surface area (Å²) in [5, 5.41) is 9.68. The number of phenolic OH excluding ortho intramolecular Hbond substituents is 1. The standard InChI is InChI=1S/C15H16ClNO3S/c1-11(12-6-8-14(18)9-7-12)17(2)21(19,20)15-5-3-4-13(16)10-15/h3-11,18H,1-2H3. The van der Waals surface area contributed by atoms with E-state index in [1.165, 1.54) is 35.6 Å². The van der Waals surface area contributed by atoms with Crippen LogP contribution in [0.5, 0.6) is 5.75 Å². The van der Waals surface area contributed by atoms with Crippen LogP contribution in [0.4, 0.5) is 0 Å². The molecule has 0 aliphatic carbocycles. The number of phenols is 1. The molecule has 2 aromatic carbocycles. The Kier molecular flexibility index (Phi) is 4.56. The first-order valence-corrected chi connectivity index (χ1v) is 8.16. The quantitative estimate of drug-likeness (QED) is 0.937. The van der Waals surface area contributed by atoms with Gasteiger partial charge in [-0.2, -0.15) is 4.31 Å². The van der Waals surface area contributed by atoms with Crippen LogP contribution in [0.3, 0.4) is 0 Å². The highest BCUT2D eigenvalue weighted by atomic mass is 35.5. The van der Waals surface area contributed by atoms with Crippen molar-refractivity contribution in [3.05, 3.63) is 59.1 Å². The summed E-state index contributed by atoms with van der Waals surface area (Å²) in [6.45, 7) is 1.79. The number of nitrogens with zero attached hydrogens (tertiary/aromatic N) is 1. The molecule has 0 aliphatic rings. The zero-order valence-corrected chi connectivity index (χ0v) is 13.3.